The number of hydrogen-bond acceptors (Lipinski definition) is 7. The van der Waals surface area contributed by atoms with Gasteiger partial charge in [0, 0.05) is 44.3 Å². The molecule has 0 N–H and O–H groups in total. The Bertz CT molecular complexity index is 1190. The number of aryl methyl sites for hydroxylation is 1. The van der Waals surface area contributed by atoms with Gasteiger partial charge in [0.1, 0.15) is 17.0 Å². The molecule has 1 aromatic heterocycles. The zero-order valence-corrected chi connectivity index (χ0v) is 19.9. The normalized spacial score (nSPS) is 14.1. The number of hydrogen-bond donors (Lipinski definition) is 0. The summed E-state index contributed by atoms with van der Waals surface area (Å²) >= 11 is 0. The van der Waals surface area contributed by atoms with E-state index in [0.717, 1.165) is 6.07 Å². The number of fused-ring (bicyclic) bond motifs is 1. The van der Waals surface area contributed by atoms with Gasteiger partial charge in [-0.2, -0.15) is 5.26 Å². The quantitative estimate of drug-likeness (QED) is 0.615. The Balaban J connectivity index is 1.95. The minimum Gasteiger partial charge on any atom is -0.462 e. The molecule has 0 aliphatic carbocycles. The summed E-state index contributed by atoms with van der Waals surface area (Å²) in [6.07, 6.45) is 1.09. The van der Waals surface area contributed by atoms with Gasteiger partial charge < -0.3 is 23.8 Å². The molecule has 34 heavy (non-hydrogen) atoms. The molecule has 0 radical (unpaired) electrons. The van der Waals surface area contributed by atoms with Crippen LogP contribution >= 0.6 is 0 Å². The Morgan fingerprint density at radius 2 is 1.85 bits per heavy atom. The lowest BCUT2D eigenvalue weighted by Gasteiger charge is -2.37. The van der Waals surface area contributed by atoms with Crippen LogP contribution in [0.5, 0.6) is 0 Å². The number of nitrogens with zero attached hydrogens (tertiary/aromatic N) is 4. The van der Waals surface area contributed by atoms with E-state index < -0.39 is 28.9 Å². The highest BCUT2D eigenvalue weighted by Crippen LogP contribution is 2.27. The van der Waals surface area contributed by atoms with Gasteiger partial charge in [-0.05, 0) is 39.8 Å². The molecule has 1 amide bonds. The van der Waals surface area contributed by atoms with Gasteiger partial charge in [-0.25, -0.2) is 14.0 Å². The Morgan fingerprint density at radius 3 is 2.44 bits per heavy atom. The maximum atomic E-state index is 15.2. The Labute approximate surface area is 197 Å². The van der Waals surface area contributed by atoms with Crippen molar-refractivity contribution in [3.8, 4) is 6.07 Å². The summed E-state index contributed by atoms with van der Waals surface area (Å²) in [5.41, 5.74) is -0.731. The number of aromatic nitrogens is 1. The molecule has 1 saturated heterocycles. The van der Waals surface area contributed by atoms with Crippen molar-refractivity contribution in [2.75, 3.05) is 37.7 Å². The number of carbonyl (C=O) groups is 2. The topological polar surface area (TPSA) is 105 Å². The number of nitriles is 1. The van der Waals surface area contributed by atoms with Gasteiger partial charge in [0.2, 0.25) is 5.43 Å². The number of anilines is 1. The molecule has 0 bridgehead atoms. The molecule has 182 valence electrons. The molecule has 2 aromatic rings. The lowest BCUT2D eigenvalue weighted by molar-refractivity contribution is 0.0240. The number of piperazine rings is 1. The summed E-state index contributed by atoms with van der Waals surface area (Å²) in [6, 6.07) is 4.72. The molecule has 2 heterocycles. The van der Waals surface area contributed by atoms with Crippen LogP contribution in [0.3, 0.4) is 0 Å². The molecule has 1 aromatic carbocycles. The lowest BCUT2D eigenvalue weighted by Crippen LogP contribution is -2.50. The van der Waals surface area contributed by atoms with E-state index >= 15 is 4.39 Å². The van der Waals surface area contributed by atoms with E-state index in [2.05, 4.69) is 0 Å². The number of esters is 1. The first-order chi connectivity index (χ1) is 16.1. The average Bonchev–Trinajstić information content (AvgIpc) is 2.77. The summed E-state index contributed by atoms with van der Waals surface area (Å²) in [6.45, 7) is 8.80. The molecular weight excluding hydrogens is 443 g/mol. The van der Waals surface area contributed by atoms with Crippen molar-refractivity contribution in [1.29, 1.82) is 5.26 Å². The number of benzene rings is 1. The fraction of sp³-hybridized carbons (Fsp3) is 0.500. The summed E-state index contributed by atoms with van der Waals surface area (Å²) in [5.74, 6) is -1.40. The molecule has 1 aliphatic heterocycles. The number of rotatable bonds is 5. The Morgan fingerprint density at radius 1 is 1.18 bits per heavy atom. The zero-order chi connectivity index (χ0) is 25.0. The van der Waals surface area contributed by atoms with Gasteiger partial charge in [-0.1, -0.05) is 0 Å². The molecule has 1 fully saturated rings. The van der Waals surface area contributed by atoms with Gasteiger partial charge in [0.15, 0.2) is 0 Å². The van der Waals surface area contributed by atoms with E-state index in [1.165, 1.54) is 6.20 Å². The summed E-state index contributed by atoms with van der Waals surface area (Å²) in [4.78, 5) is 40.9. The van der Waals surface area contributed by atoms with E-state index in [-0.39, 0.29) is 36.2 Å². The van der Waals surface area contributed by atoms with Crippen molar-refractivity contribution in [3.05, 3.63) is 39.9 Å². The molecule has 0 saturated carbocycles. The van der Waals surface area contributed by atoms with Crippen molar-refractivity contribution in [3.63, 3.8) is 0 Å². The first-order valence-corrected chi connectivity index (χ1v) is 11.2. The minimum atomic E-state index is -0.789. The highest BCUT2D eigenvalue weighted by molar-refractivity contribution is 5.94. The van der Waals surface area contributed by atoms with Crippen LogP contribution in [0.15, 0.2) is 23.1 Å². The van der Waals surface area contributed by atoms with Gasteiger partial charge in [-0.15, -0.1) is 0 Å². The molecule has 0 spiro atoms. The molecule has 9 nitrogen and oxygen atoms in total. The van der Waals surface area contributed by atoms with Crippen LogP contribution in [0.2, 0.25) is 0 Å². The van der Waals surface area contributed by atoms with Gasteiger partial charge in [-0.3, -0.25) is 4.79 Å². The van der Waals surface area contributed by atoms with Crippen LogP contribution in [0, 0.1) is 17.1 Å². The largest absolute Gasteiger partial charge is 0.462 e. The third-order valence-corrected chi connectivity index (χ3v) is 5.38. The van der Waals surface area contributed by atoms with Gasteiger partial charge in [0.25, 0.3) is 0 Å². The highest BCUT2D eigenvalue weighted by Gasteiger charge is 2.27. The van der Waals surface area contributed by atoms with E-state index in [0.29, 0.717) is 31.7 Å². The monoisotopic (exact) mass is 472 g/mol. The first-order valence-electron chi connectivity index (χ1n) is 11.2. The van der Waals surface area contributed by atoms with Gasteiger partial charge in [0.05, 0.1) is 30.3 Å². The van der Waals surface area contributed by atoms with Crippen molar-refractivity contribution in [2.24, 2.45) is 0 Å². The second-order valence-corrected chi connectivity index (χ2v) is 8.97. The zero-order valence-electron chi connectivity index (χ0n) is 19.9. The molecule has 0 atom stereocenters. The fourth-order valence-electron chi connectivity index (χ4n) is 3.81. The van der Waals surface area contributed by atoms with Crippen molar-refractivity contribution >= 4 is 28.7 Å². The van der Waals surface area contributed by atoms with Gasteiger partial charge >= 0.3 is 12.1 Å². The van der Waals surface area contributed by atoms with E-state index in [9.17, 15) is 14.4 Å². The summed E-state index contributed by atoms with van der Waals surface area (Å²) in [7, 11) is 0. The number of amides is 1. The van der Waals surface area contributed by atoms with E-state index in [1.807, 2.05) is 6.07 Å². The molecular formula is C24H29FN4O5. The van der Waals surface area contributed by atoms with Crippen LogP contribution < -0.4 is 10.3 Å². The third kappa shape index (κ3) is 5.47. The highest BCUT2D eigenvalue weighted by atomic mass is 19.1. The fourth-order valence-corrected chi connectivity index (χ4v) is 3.81. The van der Waals surface area contributed by atoms with Crippen molar-refractivity contribution in [1.82, 2.24) is 9.47 Å². The second-order valence-electron chi connectivity index (χ2n) is 8.97. The predicted molar refractivity (Wildman–Crippen MR) is 124 cm³/mol. The van der Waals surface area contributed by atoms with Crippen molar-refractivity contribution in [2.45, 2.75) is 46.3 Å². The van der Waals surface area contributed by atoms with Crippen LogP contribution in [0.4, 0.5) is 14.9 Å². The van der Waals surface area contributed by atoms with Crippen LogP contribution in [-0.4, -0.2) is 59.9 Å². The first kappa shape index (κ1) is 25.0. The molecule has 0 unspecified atom stereocenters. The standard InChI is InChI=1S/C24H29FN4O5/c1-5-33-22(31)17-15-29(8-6-7-26)19-14-20(18(25)13-16(19)21(17)30)27-9-11-28(12-10-27)23(32)34-24(2,3)4/h13-15H,5-6,8-12H2,1-4H3. The summed E-state index contributed by atoms with van der Waals surface area (Å²) in [5, 5.41) is 9.07. The van der Waals surface area contributed by atoms with Crippen LogP contribution in [0.25, 0.3) is 10.9 Å². The molecule has 10 heteroatoms. The third-order valence-electron chi connectivity index (χ3n) is 5.38. The van der Waals surface area contributed by atoms with Crippen LogP contribution in [0.1, 0.15) is 44.5 Å². The maximum absolute atomic E-state index is 15.2. The number of carbonyl (C=O) groups excluding carboxylic acids is 2. The molecule has 1 aliphatic rings. The Hall–Kier alpha value is -3.61. The van der Waals surface area contributed by atoms with E-state index in [4.69, 9.17) is 14.7 Å². The SMILES string of the molecule is CCOC(=O)c1cn(CCC#N)c2cc(N3CCN(C(=O)OC(C)(C)C)CC3)c(F)cc2c1=O. The molecule has 3 rings (SSSR count). The smallest absolute Gasteiger partial charge is 0.410 e. The van der Waals surface area contributed by atoms with Crippen molar-refractivity contribution < 1.29 is 23.5 Å². The number of ether oxygens (including phenoxy) is 2. The number of pyridine rings is 1. The average molecular weight is 473 g/mol. The minimum absolute atomic E-state index is 0.0390. The number of halogens is 1. The van der Waals surface area contributed by atoms with Crippen LogP contribution in [-0.2, 0) is 16.0 Å². The second kappa shape index (κ2) is 10.1. The Kier molecular flexibility index (Phi) is 7.44. The maximum Gasteiger partial charge on any atom is 0.410 e. The van der Waals surface area contributed by atoms with E-state index in [1.54, 1.807) is 48.1 Å². The lowest BCUT2D eigenvalue weighted by atomic mass is 10.1. The predicted octanol–water partition coefficient (Wildman–Crippen LogP) is 3.29. The summed E-state index contributed by atoms with van der Waals surface area (Å²) < 4.78 is 27.1.